The van der Waals surface area contributed by atoms with Crippen molar-refractivity contribution < 1.29 is 0 Å². The predicted octanol–water partition coefficient (Wildman–Crippen LogP) is 16.3. The van der Waals surface area contributed by atoms with Crippen LogP contribution in [0.1, 0.15) is 11.1 Å². The van der Waals surface area contributed by atoms with Crippen LogP contribution in [-0.2, 0) is 0 Å². The highest BCUT2D eigenvalue weighted by molar-refractivity contribution is 7.01. The zero-order valence-corrected chi connectivity index (χ0v) is 40.4. The molecule has 69 heavy (non-hydrogen) atoms. The van der Waals surface area contributed by atoms with E-state index in [0.717, 1.165) is 45.5 Å². The summed E-state index contributed by atoms with van der Waals surface area (Å²) in [5.41, 5.74) is 16.5. The lowest BCUT2D eigenvalue weighted by molar-refractivity contribution is 1.18. The van der Waals surface area contributed by atoms with E-state index in [2.05, 4.69) is 289 Å². The van der Waals surface area contributed by atoms with E-state index in [0.29, 0.717) is 0 Å². The predicted molar refractivity (Wildman–Crippen MR) is 297 cm³/mol. The fourth-order valence-electron chi connectivity index (χ4n) is 11.1. The van der Waals surface area contributed by atoms with Crippen molar-refractivity contribution >= 4 is 96.2 Å². The fourth-order valence-corrected chi connectivity index (χ4v) is 14.5. The maximum atomic E-state index is 2.51. The number of aromatic nitrogens is 2. The summed E-state index contributed by atoms with van der Waals surface area (Å²) >= 11 is 0. The summed E-state index contributed by atoms with van der Waals surface area (Å²) in [6.45, 7) is 9.62. The van der Waals surface area contributed by atoms with Crippen molar-refractivity contribution in [1.29, 1.82) is 0 Å². The normalized spacial score (nSPS) is 11.8. The molecule has 12 aromatic rings. The van der Waals surface area contributed by atoms with Gasteiger partial charge in [0.05, 0.1) is 22.1 Å². The molecule has 0 fully saturated rings. The van der Waals surface area contributed by atoms with E-state index in [1.54, 1.807) is 0 Å². The summed E-state index contributed by atoms with van der Waals surface area (Å²) in [6, 6.07) is 88.7. The molecule has 2 heterocycles. The molecular formula is C64H52N4Si. The molecule has 0 N–H and O–H groups in total. The van der Waals surface area contributed by atoms with Gasteiger partial charge in [-0.05, 0) is 146 Å². The maximum absolute atomic E-state index is 2.51. The molecule has 0 aliphatic rings. The summed E-state index contributed by atoms with van der Waals surface area (Å²) in [7, 11) is -2.21. The molecule has 0 spiro atoms. The summed E-state index contributed by atoms with van der Waals surface area (Å²) in [6.07, 6.45) is 0. The number of anilines is 6. The molecule has 10 aromatic carbocycles. The molecule has 12 rings (SSSR count). The Bertz CT molecular complexity index is 3580. The standard InChI is InChI=1S/C64H52N4Si/c1-45-41-51(65(47-21-9-5-10-22-47)53-33-37-61-57(43-53)55-29-17-19-31-59(55)67(61)49-25-13-7-14-26-49)35-39-63(45)69(3,4)64-40-36-52(42-46(64)2)66(48-23-11-6-12-24-48)54-34-38-62-58(44-54)56-30-18-20-32-60(56)68(62)50-27-15-8-16-28-50/h5-44H,1-4H3. The van der Waals surface area contributed by atoms with Crippen molar-refractivity contribution in [2.24, 2.45) is 0 Å². The molecule has 4 nitrogen and oxygen atoms in total. The van der Waals surface area contributed by atoms with Crippen molar-refractivity contribution in [3.8, 4) is 11.4 Å². The van der Waals surface area contributed by atoms with E-state index in [-0.39, 0.29) is 0 Å². The molecule has 0 bridgehead atoms. The van der Waals surface area contributed by atoms with Crippen molar-refractivity contribution in [3.05, 3.63) is 254 Å². The zero-order chi connectivity index (χ0) is 46.6. The van der Waals surface area contributed by atoms with E-state index in [9.17, 15) is 0 Å². The Kier molecular flexibility index (Phi) is 10.4. The van der Waals surface area contributed by atoms with Gasteiger partial charge in [-0.25, -0.2) is 0 Å². The minimum absolute atomic E-state index is 1.13. The van der Waals surface area contributed by atoms with Gasteiger partial charge in [-0.15, -0.1) is 0 Å². The Labute approximate surface area is 405 Å². The number of para-hydroxylation sites is 6. The Morgan fingerprint density at radius 3 is 1.00 bits per heavy atom. The monoisotopic (exact) mass is 904 g/mol. The zero-order valence-electron chi connectivity index (χ0n) is 39.4. The second kappa shape index (κ2) is 17.0. The van der Waals surface area contributed by atoms with Crippen LogP contribution < -0.4 is 20.2 Å². The molecule has 5 heteroatoms. The molecule has 0 aliphatic carbocycles. The summed E-state index contributed by atoms with van der Waals surface area (Å²) in [5, 5.41) is 7.83. The summed E-state index contributed by atoms with van der Waals surface area (Å²) in [5.74, 6) is 0. The van der Waals surface area contributed by atoms with Crippen LogP contribution in [0.4, 0.5) is 34.1 Å². The summed E-state index contributed by atoms with van der Waals surface area (Å²) < 4.78 is 4.76. The average Bonchev–Trinajstić information content (AvgIpc) is 3.90. The first kappa shape index (κ1) is 42.0. The van der Waals surface area contributed by atoms with Crippen LogP contribution >= 0.6 is 0 Å². The first-order chi connectivity index (χ1) is 33.8. The van der Waals surface area contributed by atoms with Crippen molar-refractivity contribution in [3.63, 3.8) is 0 Å². The quantitative estimate of drug-likeness (QED) is 0.127. The molecule has 0 amide bonds. The minimum Gasteiger partial charge on any atom is -0.310 e. The smallest absolute Gasteiger partial charge is 0.112 e. The van der Waals surface area contributed by atoms with Gasteiger partial charge in [0.1, 0.15) is 8.07 Å². The van der Waals surface area contributed by atoms with Crippen molar-refractivity contribution in [1.82, 2.24) is 9.13 Å². The largest absolute Gasteiger partial charge is 0.310 e. The van der Waals surface area contributed by atoms with Crippen LogP contribution in [0.2, 0.25) is 13.1 Å². The molecule has 2 aromatic heterocycles. The van der Waals surface area contributed by atoms with Crippen LogP contribution in [0.25, 0.3) is 55.0 Å². The number of hydrogen-bond donors (Lipinski definition) is 0. The maximum Gasteiger partial charge on any atom is 0.112 e. The Hall–Kier alpha value is -8.38. The van der Waals surface area contributed by atoms with Gasteiger partial charge in [0.2, 0.25) is 0 Å². The highest BCUT2D eigenvalue weighted by Gasteiger charge is 2.31. The van der Waals surface area contributed by atoms with Crippen LogP contribution in [-0.4, -0.2) is 17.2 Å². The van der Waals surface area contributed by atoms with E-state index in [1.807, 2.05) is 0 Å². The Morgan fingerprint density at radius 2 is 0.609 bits per heavy atom. The molecule has 0 radical (unpaired) electrons. The van der Waals surface area contributed by atoms with E-state index < -0.39 is 8.07 Å². The van der Waals surface area contributed by atoms with E-state index >= 15 is 0 Å². The van der Waals surface area contributed by atoms with Gasteiger partial charge >= 0.3 is 0 Å². The molecule has 0 saturated heterocycles. The van der Waals surface area contributed by atoms with Crippen molar-refractivity contribution in [2.75, 3.05) is 9.80 Å². The third-order valence-corrected chi connectivity index (χ3v) is 18.0. The average molecular weight is 905 g/mol. The second-order valence-corrected chi connectivity index (χ2v) is 23.1. The highest BCUT2D eigenvalue weighted by atomic mass is 28.3. The van der Waals surface area contributed by atoms with Gasteiger partial charge in [-0.3, -0.25) is 0 Å². The Morgan fingerprint density at radius 1 is 0.290 bits per heavy atom. The van der Waals surface area contributed by atoms with Gasteiger partial charge in [-0.2, -0.15) is 0 Å². The lowest BCUT2D eigenvalue weighted by Crippen LogP contribution is -2.54. The second-order valence-electron chi connectivity index (χ2n) is 18.7. The number of hydrogen-bond acceptors (Lipinski definition) is 2. The van der Waals surface area contributed by atoms with Gasteiger partial charge < -0.3 is 18.9 Å². The van der Waals surface area contributed by atoms with Crippen LogP contribution in [0.15, 0.2) is 243 Å². The van der Waals surface area contributed by atoms with E-state index in [1.165, 1.54) is 65.1 Å². The van der Waals surface area contributed by atoms with Gasteiger partial charge in [0.15, 0.2) is 0 Å². The third kappa shape index (κ3) is 7.22. The summed E-state index contributed by atoms with van der Waals surface area (Å²) in [4.78, 5) is 4.82. The van der Waals surface area contributed by atoms with Crippen molar-refractivity contribution in [2.45, 2.75) is 26.9 Å². The molecule has 332 valence electrons. The van der Waals surface area contributed by atoms with Crippen LogP contribution in [0.3, 0.4) is 0 Å². The first-order valence-corrected chi connectivity index (χ1v) is 26.9. The lowest BCUT2D eigenvalue weighted by atomic mass is 10.1. The molecule has 0 aliphatic heterocycles. The fraction of sp³-hybridized carbons (Fsp3) is 0.0625. The highest BCUT2D eigenvalue weighted by Crippen LogP contribution is 2.42. The number of benzene rings is 10. The Balaban J connectivity index is 0.918. The van der Waals surface area contributed by atoms with Crippen LogP contribution in [0.5, 0.6) is 0 Å². The van der Waals surface area contributed by atoms with Crippen LogP contribution in [0, 0.1) is 13.8 Å². The van der Waals surface area contributed by atoms with Gasteiger partial charge in [-0.1, -0.05) is 145 Å². The van der Waals surface area contributed by atoms with Gasteiger partial charge in [0, 0.05) is 67.0 Å². The molecule has 0 atom stereocenters. The number of rotatable bonds is 10. The third-order valence-electron chi connectivity index (χ3n) is 14.2. The topological polar surface area (TPSA) is 16.3 Å². The minimum atomic E-state index is -2.21. The number of aryl methyl sites for hydroxylation is 2. The van der Waals surface area contributed by atoms with Gasteiger partial charge in [0.25, 0.3) is 0 Å². The molecule has 0 saturated carbocycles. The SMILES string of the molecule is Cc1cc(N(c2ccccc2)c2ccc3c(c2)c2ccccc2n3-c2ccccc2)ccc1[Si](C)(C)c1ccc(N(c2ccccc2)c2ccc3c(c2)c2ccccc2n3-c2ccccc2)cc1C. The first-order valence-electron chi connectivity index (χ1n) is 23.9. The van der Waals surface area contributed by atoms with E-state index in [4.69, 9.17) is 0 Å². The molecule has 0 unspecified atom stereocenters. The lowest BCUT2D eigenvalue weighted by Gasteiger charge is -2.31. The number of nitrogens with zero attached hydrogens (tertiary/aromatic N) is 4. The number of fused-ring (bicyclic) bond motifs is 6. The molecular weight excluding hydrogens is 853 g/mol.